The van der Waals surface area contributed by atoms with Crippen molar-refractivity contribution in [3.8, 4) is 0 Å². The van der Waals surface area contributed by atoms with Crippen molar-refractivity contribution in [2.75, 3.05) is 11.2 Å². The lowest BCUT2D eigenvalue weighted by Crippen LogP contribution is -2.44. The number of aryl methyl sites for hydroxylation is 1. The number of carbonyl (C=O) groups excluding carboxylic acids is 1. The van der Waals surface area contributed by atoms with E-state index in [-0.39, 0.29) is 12.1 Å². The molecule has 0 aliphatic heterocycles. The Kier molecular flexibility index (Phi) is 15.0. The first-order chi connectivity index (χ1) is 14.5. The van der Waals surface area contributed by atoms with Crippen LogP contribution in [0, 0.1) is 11.8 Å². The van der Waals surface area contributed by atoms with E-state index in [0.717, 1.165) is 43.8 Å². The number of hydrogen-bond acceptors (Lipinski definition) is 6. The van der Waals surface area contributed by atoms with E-state index < -0.39 is 0 Å². The maximum absolute atomic E-state index is 12.4. The largest absolute Gasteiger partial charge is 0.334 e. The van der Waals surface area contributed by atoms with Crippen LogP contribution in [-0.4, -0.2) is 27.2 Å². The standard InChI is InChI=1S/C22H43N5OS2/c1-5-9-17(3)11-7-8-12-19(14-13-18(4)10-6-2)23-21(28)25-26-22-24-20(15-16-29)27-30-22/h17-19,29H,5-16H2,1-4H3,(H2,23,25,28)(H,24,26,27). The second kappa shape index (κ2) is 16.6. The smallest absolute Gasteiger partial charge is 0.333 e. The zero-order valence-electron chi connectivity index (χ0n) is 19.4. The zero-order chi connectivity index (χ0) is 22.2. The maximum atomic E-state index is 12.4. The topological polar surface area (TPSA) is 78.9 Å². The maximum Gasteiger partial charge on any atom is 0.333 e. The molecule has 0 spiro atoms. The Morgan fingerprint density at radius 2 is 1.67 bits per heavy atom. The average Bonchev–Trinajstić information content (AvgIpc) is 3.16. The molecule has 0 bridgehead atoms. The van der Waals surface area contributed by atoms with Gasteiger partial charge in [0.15, 0.2) is 0 Å². The summed E-state index contributed by atoms with van der Waals surface area (Å²) in [5.41, 5.74) is 5.58. The van der Waals surface area contributed by atoms with E-state index in [1.165, 1.54) is 50.1 Å². The Bertz CT molecular complexity index is 569. The summed E-state index contributed by atoms with van der Waals surface area (Å²) in [7, 11) is 0. The number of carbonyl (C=O) groups is 1. The van der Waals surface area contributed by atoms with E-state index in [1.54, 1.807) is 0 Å². The lowest BCUT2D eigenvalue weighted by Gasteiger charge is -2.21. The van der Waals surface area contributed by atoms with Gasteiger partial charge >= 0.3 is 6.03 Å². The molecule has 2 amide bonds. The van der Waals surface area contributed by atoms with Crippen molar-refractivity contribution in [1.82, 2.24) is 20.1 Å². The highest BCUT2D eigenvalue weighted by Crippen LogP contribution is 2.19. The molecule has 1 aromatic heterocycles. The fourth-order valence-corrected chi connectivity index (χ4v) is 4.54. The fraction of sp³-hybridized carbons (Fsp3) is 0.864. The molecule has 174 valence electrons. The van der Waals surface area contributed by atoms with Crippen LogP contribution in [0.3, 0.4) is 0 Å². The molecule has 0 aromatic carbocycles. The Morgan fingerprint density at radius 3 is 2.33 bits per heavy atom. The molecule has 0 fully saturated rings. The summed E-state index contributed by atoms with van der Waals surface area (Å²) in [6.07, 6.45) is 12.7. The van der Waals surface area contributed by atoms with E-state index in [0.29, 0.717) is 16.8 Å². The molecule has 0 radical (unpaired) electrons. The van der Waals surface area contributed by atoms with E-state index in [9.17, 15) is 4.79 Å². The van der Waals surface area contributed by atoms with Gasteiger partial charge in [-0.15, -0.1) is 0 Å². The summed E-state index contributed by atoms with van der Waals surface area (Å²) < 4.78 is 4.24. The van der Waals surface area contributed by atoms with Crippen molar-refractivity contribution in [1.29, 1.82) is 0 Å². The third-order valence-electron chi connectivity index (χ3n) is 5.49. The fourth-order valence-electron chi connectivity index (χ4n) is 3.77. The zero-order valence-corrected chi connectivity index (χ0v) is 21.1. The molecule has 1 rings (SSSR count). The van der Waals surface area contributed by atoms with Gasteiger partial charge in [-0.2, -0.15) is 17.0 Å². The first-order valence-corrected chi connectivity index (χ1v) is 13.1. The minimum atomic E-state index is -0.201. The number of aromatic nitrogens is 2. The number of urea groups is 1. The lowest BCUT2D eigenvalue weighted by molar-refractivity contribution is 0.235. The summed E-state index contributed by atoms with van der Waals surface area (Å²) in [4.78, 5) is 16.7. The third-order valence-corrected chi connectivity index (χ3v) is 6.38. The number of hydrazine groups is 1. The average molecular weight is 458 g/mol. The van der Waals surface area contributed by atoms with Gasteiger partial charge in [-0.05, 0) is 36.9 Å². The van der Waals surface area contributed by atoms with Gasteiger partial charge in [-0.3, -0.25) is 5.43 Å². The number of thiol groups is 1. The Labute approximate surface area is 193 Å². The van der Waals surface area contributed by atoms with Crippen molar-refractivity contribution < 1.29 is 4.79 Å². The Morgan fingerprint density at radius 1 is 1.00 bits per heavy atom. The Hall–Kier alpha value is -1.02. The van der Waals surface area contributed by atoms with Crippen LogP contribution in [0.2, 0.25) is 0 Å². The highest BCUT2D eigenvalue weighted by Gasteiger charge is 2.15. The van der Waals surface area contributed by atoms with Crippen LogP contribution in [-0.2, 0) is 6.42 Å². The number of amides is 2. The van der Waals surface area contributed by atoms with Gasteiger partial charge in [0.05, 0.1) is 0 Å². The van der Waals surface area contributed by atoms with Crippen LogP contribution in [0.15, 0.2) is 0 Å². The van der Waals surface area contributed by atoms with E-state index >= 15 is 0 Å². The quantitative estimate of drug-likeness (QED) is 0.127. The number of rotatable bonds is 17. The van der Waals surface area contributed by atoms with Crippen molar-refractivity contribution in [3.63, 3.8) is 0 Å². The molecule has 3 unspecified atom stereocenters. The first-order valence-electron chi connectivity index (χ1n) is 11.7. The van der Waals surface area contributed by atoms with E-state index in [4.69, 9.17) is 0 Å². The number of nitrogens with zero attached hydrogens (tertiary/aromatic N) is 2. The summed E-state index contributed by atoms with van der Waals surface area (Å²) in [6, 6.07) is 0.00944. The van der Waals surface area contributed by atoms with Gasteiger partial charge < -0.3 is 5.32 Å². The Balaban J connectivity index is 2.43. The highest BCUT2D eigenvalue weighted by molar-refractivity contribution is 7.80. The summed E-state index contributed by atoms with van der Waals surface area (Å²) in [5.74, 6) is 2.97. The molecule has 8 heteroatoms. The normalized spacial score (nSPS) is 14.2. The van der Waals surface area contributed by atoms with Crippen LogP contribution in [0.1, 0.15) is 97.7 Å². The molecule has 0 aliphatic carbocycles. The summed E-state index contributed by atoms with van der Waals surface area (Å²) in [5, 5.41) is 3.76. The van der Waals surface area contributed by atoms with E-state index in [1.807, 2.05) is 0 Å². The molecule has 0 aliphatic rings. The molecule has 1 heterocycles. The molecule has 0 saturated carbocycles. The van der Waals surface area contributed by atoms with Gasteiger partial charge in [0.2, 0.25) is 5.13 Å². The molecular weight excluding hydrogens is 414 g/mol. The van der Waals surface area contributed by atoms with E-state index in [2.05, 4.69) is 65.8 Å². The SMILES string of the molecule is CCCC(C)CCCCC(CCC(C)CCC)NC(=O)NNc1nc(CCS)ns1. The molecule has 30 heavy (non-hydrogen) atoms. The predicted molar refractivity (Wildman–Crippen MR) is 132 cm³/mol. The lowest BCUT2D eigenvalue weighted by atomic mass is 9.93. The molecule has 1 aromatic rings. The molecule has 0 saturated heterocycles. The van der Waals surface area contributed by atoms with Crippen LogP contribution < -0.4 is 16.2 Å². The molecule has 6 nitrogen and oxygen atoms in total. The van der Waals surface area contributed by atoms with Gasteiger partial charge in [0.25, 0.3) is 0 Å². The van der Waals surface area contributed by atoms with Crippen molar-refractivity contribution in [3.05, 3.63) is 5.82 Å². The number of hydrogen-bond donors (Lipinski definition) is 4. The second-order valence-corrected chi connectivity index (χ2v) is 9.76. The van der Waals surface area contributed by atoms with Crippen LogP contribution >= 0.6 is 24.2 Å². The van der Waals surface area contributed by atoms with Gasteiger partial charge in [0.1, 0.15) is 5.82 Å². The minimum absolute atomic E-state index is 0.201. The van der Waals surface area contributed by atoms with Crippen molar-refractivity contribution in [2.45, 2.75) is 104 Å². The monoisotopic (exact) mass is 457 g/mol. The highest BCUT2D eigenvalue weighted by atomic mass is 32.1. The van der Waals surface area contributed by atoms with Gasteiger partial charge in [0, 0.05) is 24.0 Å². The summed E-state index contributed by atoms with van der Waals surface area (Å²) in [6.45, 7) is 9.15. The predicted octanol–water partition coefficient (Wildman–Crippen LogP) is 6.22. The molecule has 3 atom stereocenters. The molecular formula is C22H43N5OS2. The van der Waals surface area contributed by atoms with Crippen LogP contribution in [0.25, 0.3) is 0 Å². The van der Waals surface area contributed by atoms with Gasteiger partial charge in [-0.1, -0.05) is 72.6 Å². The second-order valence-electron chi connectivity index (χ2n) is 8.56. The number of nitrogens with one attached hydrogen (secondary N) is 3. The number of unbranched alkanes of at least 4 members (excludes halogenated alkanes) is 1. The molecule has 3 N–H and O–H groups in total. The third kappa shape index (κ3) is 12.6. The van der Waals surface area contributed by atoms with Crippen LogP contribution in [0.5, 0.6) is 0 Å². The van der Waals surface area contributed by atoms with Gasteiger partial charge in [-0.25, -0.2) is 15.2 Å². The summed E-state index contributed by atoms with van der Waals surface area (Å²) >= 11 is 5.44. The number of anilines is 1. The van der Waals surface area contributed by atoms with Crippen molar-refractivity contribution >= 4 is 35.3 Å². The first kappa shape index (κ1) is 27.0. The van der Waals surface area contributed by atoms with Crippen LogP contribution in [0.4, 0.5) is 9.93 Å². The minimum Gasteiger partial charge on any atom is -0.334 e. The van der Waals surface area contributed by atoms with Crippen molar-refractivity contribution in [2.24, 2.45) is 11.8 Å².